The lowest BCUT2D eigenvalue weighted by Gasteiger charge is -2.38. The maximum Gasteiger partial charge on any atom is 0.228 e. The first kappa shape index (κ1) is 13.8. The predicted molar refractivity (Wildman–Crippen MR) is 85.5 cm³/mol. The van der Waals surface area contributed by atoms with Crippen LogP contribution in [0.4, 0.5) is 0 Å². The first-order valence-corrected chi connectivity index (χ1v) is 8.16. The summed E-state index contributed by atoms with van der Waals surface area (Å²) in [5, 5.41) is 11.8. The molecule has 4 rings (SSSR count). The third-order valence-corrected chi connectivity index (χ3v) is 5.38. The highest BCUT2D eigenvalue weighted by Gasteiger charge is 2.38. The van der Waals surface area contributed by atoms with Crippen LogP contribution in [0, 0.1) is 5.41 Å². The SMILES string of the molecule is O=C(Cc1[nH]nc2ccccc12)N1CCC2(CCNC2)CC1. The van der Waals surface area contributed by atoms with Crippen LogP contribution in [0.2, 0.25) is 0 Å². The van der Waals surface area contributed by atoms with Crippen molar-refractivity contribution in [3.8, 4) is 0 Å². The number of amides is 1. The van der Waals surface area contributed by atoms with E-state index in [1.807, 2.05) is 29.2 Å². The van der Waals surface area contributed by atoms with Gasteiger partial charge in [0.2, 0.25) is 5.91 Å². The molecule has 1 amide bonds. The van der Waals surface area contributed by atoms with Crippen LogP contribution in [-0.4, -0.2) is 47.2 Å². The van der Waals surface area contributed by atoms with Gasteiger partial charge in [0.1, 0.15) is 0 Å². The number of benzene rings is 1. The molecule has 1 spiro atoms. The minimum Gasteiger partial charge on any atom is -0.342 e. The van der Waals surface area contributed by atoms with Crippen LogP contribution >= 0.6 is 0 Å². The molecule has 1 aromatic heterocycles. The van der Waals surface area contributed by atoms with E-state index < -0.39 is 0 Å². The smallest absolute Gasteiger partial charge is 0.228 e. The summed E-state index contributed by atoms with van der Waals surface area (Å²) in [5.41, 5.74) is 2.32. The molecule has 2 aliphatic heterocycles. The molecule has 2 aliphatic rings. The molecular formula is C17H22N4O. The van der Waals surface area contributed by atoms with Gasteiger partial charge >= 0.3 is 0 Å². The van der Waals surface area contributed by atoms with Gasteiger partial charge in [-0.1, -0.05) is 18.2 Å². The second-order valence-electron chi connectivity index (χ2n) is 6.70. The van der Waals surface area contributed by atoms with Gasteiger partial charge in [-0.2, -0.15) is 5.10 Å². The molecule has 2 N–H and O–H groups in total. The maximum absolute atomic E-state index is 12.6. The van der Waals surface area contributed by atoms with Crippen molar-refractivity contribution in [2.45, 2.75) is 25.7 Å². The van der Waals surface area contributed by atoms with Crippen LogP contribution in [0.25, 0.3) is 10.9 Å². The lowest BCUT2D eigenvalue weighted by molar-refractivity contribution is -0.132. The van der Waals surface area contributed by atoms with Gasteiger partial charge < -0.3 is 10.2 Å². The first-order valence-electron chi connectivity index (χ1n) is 8.16. The Labute approximate surface area is 130 Å². The molecule has 0 bridgehead atoms. The molecule has 2 saturated heterocycles. The Kier molecular flexibility index (Phi) is 3.37. The zero-order valence-electron chi connectivity index (χ0n) is 12.8. The summed E-state index contributed by atoms with van der Waals surface area (Å²) in [6, 6.07) is 7.95. The lowest BCUT2D eigenvalue weighted by Crippen LogP contribution is -2.44. The normalized spacial score (nSPS) is 20.8. The molecule has 116 valence electrons. The summed E-state index contributed by atoms with van der Waals surface area (Å²) in [4.78, 5) is 14.6. The number of piperidine rings is 1. The van der Waals surface area contributed by atoms with Gasteiger partial charge in [0.25, 0.3) is 0 Å². The van der Waals surface area contributed by atoms with Crippen LogP contribution in [0.1, 0.15) is 25.0 Å². The first-order chi connectivity index (χ1) is 10.8. The standard InChI is InChI=1S/C17H22N4O/c22-16(11-15-13-3-1-2-4-14(13)19-20-15)21-9-6-17(7-10-21)5-8-18-12-17/h1-4,18H,5-12H2,(H,19,20). The van der Waals surface area contributed by atoms with E-state index in [0.29, 0.717) is 11.8 Å². The van der Waals surface area contributed by atoms with Gasteiger partial charge in [0.05, 0.1) is 17.6 Å². The quantitative estimate of drug-likeness (QED) is 0.887. The fraction of sp³-hybridized carbons (Fsp3) is 0.529. The van der Waals surface area contributed by atoms with Crippen molar-refractivity contribution >= 4 is 16.8 Å². The zero-order valence-corrected chi connectivity index (χ0v) is 12.8. The molecule has 5 heteroatoms. The molecule has 2 aromatic rings. The molecule has 5 nitrogen and oxygen atoms in total. The van der Waals surface area contributed by atoms with Crippen LogP contribution in [0.5, 0.6) is 0 Å². The third-order valence-electron chi connectivity index (χ3n) is 5.38. The molecule has 0 atom stereocenters. The van der Waals surface area contributed by atoms with Crippen molar-refractivity contribution in [1.82, 2.24) is 20.4 Å². The Morgan fingerprint density at radius 1 is 1.23 bits per heavy atom. The topological polar surface area (TPSA) is 61.0 Å². The van der Waals surface area contributed by atoms with E-state index in [2.05, 4.69) is 15.5 Å². The van der Waals surface area contributed by atoms with E-state index in [1.54, 1.807) is 0 Å². The van der Waals surface area contributed by atoms with Crippen LogP contribution in [0.15, 0.2) is 24.3 Å². The van der Waals surface area contributed by atoms with Gasteiger partial charge in [0, 0.05) is 25.0 Å². The number of rotatable bonds is 2. The number of aromatic nitrogens is 2. The summed E-state index contributed by atoms with van der Waals surface area (Å²) in [5.74, 6) is 0.218. The monoisotopic (exact) mass is 298 g/mol. The highest BCUT2D eigenvalue weighted by atomic mass is 16.2. The summed E-state index contributed by atoms with van der Waals surface area (Å²) < 4.78 is 0. The summed E-state index contributed by atoms with van der Waals surface area (Å²) >= 11 is 0. The van der Waals surface area contributed by atoms with Crippen molar-refractivity contribution in [2.75, 3.05) is 26.2 Å². The average molecular weight is 298 g/mol. The third kappa shape index (κ3) is 2.39. The summed E-state index contributed by atoms with van der Waals surface area (Å²) in [6.45, 7) is 4.05. The van der Waals surface area contributed by atoms with Crippen LogP contribution in [0.3, 0.4) is 0 Å². The van der Waals surface area contributed by atoms with Gasteiger partial charge in [-0.25, -0.2) is 0 Å². The van der Waals surface area contributed by atoms with Gasteiger partial charge in [0.15, 0.2) is 0 Å². The minimum absolute atomic E-state index is 0.218. The lowest BCUT2D eigenvalue weighted by atomic mass is 9.78. The van der Waals surface area contributed by atoms with E-state index in [9.17, 15) is 4.79 Å². The molecule has 0 unspecified atom stereocenters. The molecule has 22 heavy (non-hydrogen) atoms. The number of likely N-dealkylation sites (tertiary alicyclic amines) is 1. The van der Waals surface area contributed by atoms with Crippen molar-refractivity contribution in [2.24, 2.45) is 5.41 Å². The van der Waals surface area contributed by atoms with Crippen LogP contribution in [-0.2, 0) is 11.2 Å². The van der Waals surface area contributed by atoms with Gasteiger partial charge in [-0.05, 0) is 37.3 Å². The van der Waals surface area contributed by atoms with Gasteiger partial charge in [-0.3, -0.25) is 9.89 Å². The van der Waals surface area contributed by atoms with E-state index in [0.717, 1.165) is 55.6 Å². The number of H-pyrrole nitrogens is 1. The fourth-order valence-corrected chi connectivity index (χ4v) is 3.86. The molecule has 0 aliphatic carbocycles. The number of nitrogens with one attached hydrogen (secondary N) is 2. The molecule has 0 saturated carbocycles. The average Bonchev–Trinajstić information content (AvgIpc) is 3.16. The Morgan fingerprint density at radius 3 is 2.82 bits per heavy atom. The molecule has 2 fully saturated rings. The molecule has 0 radical (unpaired) electrons. The van der Waals surface area contributed by atoms with Crippen molar-refractivity contribution in [3.05, 3.63) is 30.0 Å². The van der Waals surface area contributed by atoms with E-state index in [1.165, 1.54) is 6.42 Å². The van der Waals surface area contributed by atoms with Crippen molar-refractivity contribution < 1.29 is 4.79 Å². The van der Waals surface area contributed by atoms with E-state index in [-0.39, 0.29) is 5.91 Å². The number of para-hydroxylation sites is 1. The predicted octanol–water partition coefficient (Wildman–Crippen LogP) is 1.71. The fourth-order valence-electron chi connectivity index (χ4n) is 3.86. The highest BCUT2D eigenvalue weighted by Crippen LogP contribution is 2.37. The van der Waals surface area contributed by atoms with E-state index >= 15 is 0 Å². The van der Waals surface area contributed by atoms with Crippen molar-refractivity contribution in [3.63, 3.8) is 0 Å². The Balaban J connectivity index is 1.42. The maximum atomic E-state index is 12.6. The Bertz CT molecular complexity index is 677. The number of aromatic amines is 1. The minimum atomic E-state index is 0.218. The number of nitrogens with zero attached hydrogens (tertiary/aromatic N) is 2. The molecular weight excluding hydrogens is 276 g/mol. The number of carbonyl (C=O) groups is 1. The number of carbonyl (C=O) groups excluding carboxylic acids is 1. The zero-order chi connectivity index (χ0) is 15.0. The number of hydrogen-bond acceptors (Lipinski definition) is 3. The Hall–Kier alpha value is -1.88. The Morgan fingerprint density at radius 2 is 2.05 bits per heavy atom. The summed E-state index contributed by atoms with van der Waals surface area (Å²) in [6.07, 6.45) is 3.96. The number of fused-ring (bicyclic) bond motifs is 1. The highest BCUT2D eigenvalue weighted by molar-refractivity contribution is 5.87. The molecule has 1 aromatic carbocycles. The summed E-state index contributed by atoms with van der Waals surface area (Å²) in [7, 11) is 0. The van der Waals surface area contributed by atoms with Gasteiger partial charge in [-0.15, -0.1) is 0 Å². The molecule has 3 heterocycles. The second-order valence-corrected chi connectivity index (χ2v) is 6.70. The number of hydrogen-bond donors (Lipinski definition) is 2. The van der Waals surface area contributed by atoms with Crippen LogP contribution < -0.4 is 5.32 Å². The largest absolute Gasteiger partial charge is 0.342 e. The van der Waals surface area contributed by atoms with E-state index in [4.69, 9.17) is 0 Å². The van der Waals surface area contributed by atoms with Crippen molar-refractivity contribution in [1.29, 1.82) is 0 Å². The second kappa shape index (κ2) is 5.39.